The smallest absolute Gasteiger partial charge is 0.349 e. The molecule has 1 aliphatic heterocycles. The average Bonchev–Trinajstić information content (AvgIpc) is 3.42. The third-order valence-electron chi connectivity index (χ3n) is 6.60. The third kappa shape index (κ3) is 3.98. The number of hydrogen-bond acceptors (Lipinski definition) is 6. The van der Waals surface area contributed by atoms with Gasteiger partial charge in [-0.15, -0.1) is 21.5 Å². The molecule has 0 bridgehead atoms. The van der Waals surface area contributed by atoms with Crippen molar-refractivity contribution in [2.75, 3.05) is 12.5 Å². The van der Waals surface area contributed by atoms with E-state index in [0.717, 1.165) is 30.7 Å². The molecule has 1 saturated heterocycles. The van der Waals surface area contributed by atoms with Gasteiger partial charge >= 0.3 is 6.18 Å². The summed E-state index contributed by atoms with van der Waals surface area (Å²) in [5.74, 6) is -0.913. The fourth-order valence-electron chi connectivity index (χ4n) is 4.94. The minimum Gasteiger partial charge on any atom is -0.349 e. The van der Waals surface area contributed by atoms with Crippen LogP contribution in [0.5, 0.6) is 0 Å². The number of hydrogen-bond donors (Lipinski definition) is 0. The molecular weight excluding hydrogens is 442 g/mol. The molecule has 6 atom stereocenters. The number of thioether (sulfide) groups is 1. The molecule has 3 fully saturated rings. The van der Waals surface area contributed by atoms with Crippen LogP contribution in [0.1, 0.15) is 50.1 Å². The van der Waals surface area contributed by atoms with Crippen LogP contribution in [-0.4, -0.2) is 51.7 Å². The second-order valence-corrected chi connectivity index (χ2v) is 10.3. The number of fused-ring (bicyclic) bond motifs is 2. The Kier molecular flexibility index (Phi) is 5.74. The van der Waals surface area contributed by atoms with Gasteiger partial charge in [-0.3, -0.25) is 4.40 Å². The van der Waals surface area contributed by atoms with Gasteiger partial charge in [0.05, 0.1) is 18.1 Å². The molecule has 2 aromatic heterocycles. The topological polar surface area (TPSA) is 48.7 Å². The molecule has 0 spiro atoms. The van der Waals surface area contributed by atoms with Crippen molar-refractivity contribution < 1.29 is 27.0 Å². The van der Waals surface area contributed by atoms with Crippen molar-refractivity contribution in [3.8, 4) is 0 Å². The number of rotatable bonds is 4. The Bertz CT molecular complexity index is 889. The number of ether oxygens (including phenoxy) is 2. The first kappa shape index (κ1) is 21.0. The van der Waals surface area contributed by atoms with Gasteiger partial charge in [-0.25, -0.2) is 4.39 Å². The van der Waals surface area contributed by atoms with Gasteiger partial charge in [-0.1, -0.05) is 11.8 Å². The second-order valence-electron chi connectivity index (χ2n) is 8.45. The van der Waals surface area contributed by atoms with Crippen LogP contribution >= 0.6 is 23.1 Å². The molecule has 6 unspecified atom stereocenters. The van der Waals surface area contributed by atoms with Gasteiger partial charge in [-0.05, 0) is 44.4 Å². The Morgan fingerprint density at radius 1 is 1.10 bits per heavy atom. The van der Waals surface area contributed by atoms with E-state index in [1.54, 1.807) is 11.8 Å². The van der Waals surface area contributed by atoms with E-state index in [2.05, 4.69) is 10.2 Å². The number of halogens is 4. The van der Waals surface area contributed by atoms with Crippen LogP contribution in [0.3, 0.4) is 0 Å². The highest BCUT2D eigenvalue weighted by molar-refractivity contribution is 7.99. The second kappa shape index (κ2) is 8.22. The van der Waals surface area contributed by atoms with Crippen molar-refractivity contribution >= 4 is 28.1 Å². The minimum atomic E-state index is -4.51. The summed E-state index contributed by atoms with van der Waals surface area (Å²) in [6.45, 7) is 0.373. The van der Waals surface area contributed by atoms with Crippen molar-refractivity contribution in [3.63, 3.8) is 0 Å². The molecule has 5 rings (SSSR count). The SMILES string of the molecule is FC1CCC(c2csc3nnc(SCC4CCC5OCOC5C4)n23)CC1C(F)(F)F. The van der Waals surface area contributed by atoms with Crippen molar-refractivity contribution in [1.82, 2.24) is 14.6 Å². The van der Waals surface area contributed by atoms with Gasteiger partial charge in [0.1, 0.15) is 13.0 Å². The molecule has 0 radical (unpaired) electrons. The summed E-state index contributed by atoms with van der Waals surface area (Å²) in [6.07, 6.45) is -2.84. The minimum absolute atomic E-state index is 0.0660. The van der Waals surface area contributed by atoms with Crippen LogP contribution in [0.2, 0.25) is 0 Å². The normalized spacial score (nSPS) is 35.1. The zero-order valence-electron chi connectivity index (χ0n) is 16.2. The Labute approximate surface area is 179 Å². The van der Waals surface area contributed by atoms with Gasteiger partial charge in [0.15, 0.2) is 5.16 Å². The van der Waals surface area contributed by atoms with Crippen LogP contribution < -0.4 is 0 Å². The first-order valence-electron chi connectivity index (χ1n) is 10.3. The Hall–Kier alpha value is -0.910. The molecule has 3 aliphatic rings. The summed E-state index contributed by atoms with van der Waals surface area (Å²) in [6, 6.07) is 0. The number of aromatic nitrogens is 3. The Morgan fingerprint density at radius 2 is 1.93 bits per heavy atom. The monoisotopic (exact) mass is 465 g/mol. The largest absolute Gasteiger partial charge is 0.394 e. The van der Waals surface area contributed by atoms with Gasteiger partial charge in [0.25, 0.3) is 0 Å². The van der Waals surface area contributed by atoms with Gasteiger partial charge < -0.3 is 9.47 Å². The number of thiazole rings is 1. The van der Waals surface area contributed by atoms with Crippen LogP contribution in [0.15, 0.2) is 10.5 Å². The summed E-state index contributed by atoms with van der Waals surface area (Å²) in [7, 11) is 0. The lowest BCUT2D eigenvalue weighted by atomic mass is 9.78. The first-order valence-corrected chi connectivity index (χ1v) is 12.2. The van der Waals surface area contributed by atoms with E-state index in [1.165, 1.54) is 11.3 Å². The predicted molar refractivity (Wildman–Crippen MR) is 105 cm³/mol. The molecule has 2 aromatic rings. The van der Waals surface area contributed by atoms with Crippen LogP contribution in [0, 0.1) is 11.8 Å². The average molecular weight is 466 g/mol. The molecule has 3 heterocycles. The lowest BCUT2D eigenvalue weighted by Crippen LogP contribution is -2.36. The summed E-state index contributed by atoms with van der Waals surface area (Å²) >= 11 is 2.97. The van der Waals surface area contributed by atoms with Crippen molar-refractivity contribution in [2.45, 2.75) is 74.2 Å². The van der Waals surface area contributed by atoms with Crippen LogP contribution in [0.4, 0.5) is 17.6 Å². The molecule has 0 amide bonds. The summed E-state index contributed by atoms with van der Waals surface area (Å²) < 4.78 is 66.8. The van der Waals surface area contributed by atoms with E-state index in [-0.39, 0.29) is 31.0 Å². The van der Waals surface area contributed by atoms with E-state index < -0.39 is 18.3 Å². The predicted octanol–water partition coefficient (Wildman–Crippen LogP) is 5.21. The lowest BCUT2D eigenvalue weighted by Gasteiger charge is -2.33. The fraction of sp³-hybridized carbons (Fsp3) is 0.789. The third-order valence-corrected chi connectivity index (χ3v) is 8.60. The number of alkyl halides is 4. The van der Waals surface area contributed by atoms with Crippen LogP contribution in [-0.2, 0) is 9.47 Å². The quantitative estimate of drug-likeness (QED) is 0.458. The van der Waals surface area contributed by atoms with E-state index in [1.807, 2.05) is 9.78 Å². The van der Waals surface area contributed by atoms with E-state index >= 15 is 0 Å². The molecule has 166 valence electrons. The molecule has 11 heteroatoms. The van der Waals surface area contributed by atoms with E-state index in [0.29, 0.717) is 29.2 Å². The molecule has 2 aliphatic carbocycles. The summed E-state index contributed by atoms with van der Waals surface area (Å²) in [5.41, 5.74) is 0.778. The molecule has 0 aromatic carbocycles. The Balaban J connectivity index is 1.30. The van der Waals surface area contributed by atoms with Crippen molar-refractivity contribution in [1.29, 1.82) is 0 Å². The highest BCUT2D eigenvalue weighted by Gasteiger charge is 2.49. The standard InChI is InChI=1S/C19H23F4N3O2S2/c20-13-3-2-11(6-12(13)19(21,22)23)14-8-30-18-25-24-17(26(14)18)29-7-10-1-4-15-16(5-10)28-9-27-15/h8,10-13,15-16H,1-7,9H2. The maximum absolute atomic E-state index is 13.9. The fourth-order valence-corrected chi connectivity index (χ4v) is 7.01. The highest BCUT2D eigenvalue weighted by Crippen LogP contribution is 2.46. The zero-order valence-corrected chi connectivity index (χ0v) is 17.8. The molecular formula is C19H23F4N3O2S2. The summed E-state index contributed by atoms with van der Waals surface area (Å²) in [5, 5.41) is 11.0. The molecule has 30 heavy (non-hydrogen) atoms. The van der Waals surface area contributed by atoms with Crippen molar-refractivity contribution in [2.24, 2.45) is 11.8 Å². The highest BCUT2D eigenvalue weighted by atomic mass is 32.2. The Morgan fingerprint density at radius 3 is 2.77 bits per heavy atom. The first-order chi connectivity index (χ1) is 14.4. The van der Waals surface area contributed by atoms with Crippen LogP contribution in [0.25, 0.3) is 4.96 Å². The molecule has 2 saturated carbocycles. The lowest BCUT2D eigenvalue weighted by molar-refractivity contribution is -0.199. The van der Waals surface area contributed by atoms with E-state index in [9.17, 15) is 17.6 Å². The molecule has 0 N–H and O–H groups in total. The maximum atomic E-state index is 13.9. The zero-order chi connectivity index (χ0) is 20.9. The summed E-state index contributed by atoms with van der Waals surface area (Å²) in [4.78, 5) is 0.676. The van der Waals surface area contributed by atoms with Gasteiger partial charge in [0.2, 0.25) is 4.96 Å². The molecule has 5 nitrogen and oxygen atoms in total. The van der Waals surface area contributed by atoms with E-state index in [4.69, 9.17) is 9.47 Å². The van der Waals surface area contributed by atoms with Crippen molar-refractivity contribution in [3.05, 3.63) is 11.1 Å². The maximum Gasteiger partial charge on any atom is 0.394 e. The van der Waals surface area contributed by atoms with Gasteiger partial charge in [-0.2, -0.15) is 13.2 Å². The number of nitrogens with zero attached hydrogens (tertiary/aromatic N) is 3. The van der Waals surface area contributed by atoms with Gasteiger partial charge in [0, 0.05) is 22.7 Å².